The Balaban J connectivity index is 1.42. The van der Waals surface area contributed by atoms with Gasteiger partial charge in [-0.25, -0.2) is 4.98 Å². The van der Waals surface area contributed by atoms with E-state index in [4.69, 9.17) is 0 Å². The molecule has 2 aliphatic rings. The molecule has 0 saturated heterocycles. The number of aryl methyl sites for hydroxylation is 2. The van der Waals surface area contributed by atoms with E-state index in [1.165, 1.54) is 0 Å². The molecular formula is C31H37N5O2S. The lowest BCUT2D eigenvalue weighted by molar-refractivity contribution is -0.120. The minimum atomic E-state index is -0.358. The summed E-state index contributed by atoms with van der Waals surface area (Å²) >= 11 is 1.75. The van der Waals surface area contributed by atoms with Gasteiger partial charge in [-0.05, 0) is 43.4 Å². The second kappa shape index (κ2) is 11.3. The molecule has 0 bridgehead atoms. The van der Waals surface area contributed by atoms with E-state index in [-0.39, 0.29) is 29.7 Å². The van der Waals surface area contributed by atoms with E-state index in [1.807, 2.05) is 31.2 Å². The number of para-hydroxylation sites is 2. The van der Waals surface area contributed by atoms with E-state index in [2.05, 4.69) is 70.5 Å². The maximum absolute atomic E-state index is 13.8. The van der Waals surface area contributed by atoms with Gasteiger partial charge in [-0.2, -0.15) is 11.8 Å². The fourth-order valence-electron chi connectivity index (χ4n) is 5.50. The van der Waals surface area contributed by atoms with E-state index in [0.717, 1.165) is 63.1 Å². The number of Topliss-reactive ketones (excluding diaryl/α,β-unsaturated/α-hetero) is 1. The zero-order valence-electron chi connectivity index (χ0n) is 23.1. The summed E-state index contributed by atoms with van der Waals surface area (Å²) in [6, 6.07) is 16.0. The molecule has 2 heterocycles. The molecule has 3 N–H and O–H groups in total. The summed E-state index contributed by atoms with van der Waals surface area (Å²) in [6.07, 6.45) is 2.97. The van der Waals surface area contributed by atoms with Gasteiger partial charge in [0, 0.05) is 41.4 Å². The summed E-state index contributed by atoms with van der Waals surface area (Å²) in [5.74, 6) is 1.68. The molecule has 39 heavy (non-hydrogen) atoms. The van der Waals surface area contributed by atoms with Crippen LogP contribution in [0.1, 0.15) is 55.2 Å². The Labute approximate surface area is 234 Å². The molecule has 3 aromatic rings. The van der Waals surface area contributed by atoms with Crippen LogP contribution in [0.4, 0.5) is 11.4 Å². The molecule has 7 nitrogen and oxygen atoms in total. The Morgan fingerprint density at radius 3 is 2.64 bits per heavy atom. The first-order valence-electron chi connectivity index (χ1n) is 13.5. The fourth-order valence-corrected chi connectivity index (χ4v) is 6.37. The van der Waals surface area contributed by atoms with Crippen LogP contribution in [0.3, 0.4) is 0 Å². The molecule has 1 atom stereocenters. The molecule has 5 rings (SSSR count). The van der Waals surface area contributed by atoms with Gasteiger partial charge in [-0.3, -0.25) is 9.59 Å². The van der Waals surface area contributed by atoms with E-state index in [1.54, 1.807) is 18.1 Å². The number of allylic oxidation sites excluding steroid dienone is 1. The summed E-state index contributed by atoms with van der Waals surface area (Å²) in [4.78, 5) is 36.7. The van der Waals surface area contributed by atoms with Crippen LogP contribution in [0.5, 0.6) is 0 Å². The van der Waals surface area contributed by atoms with Crippen LogP contribution >= 0.6 is 11.8 Å². The van der Waals surface area contributed by atoms with Gasteiger partial charge >= 0.3 is 0 Å². The number of anilines is 2. The third kappa shape index (κ3) is 6.06. The molecule has 0 fully saturated rings. The van der Waals surface area contributed by atoms with Crippen molar-refractivity contribution in [2.45, 2.75) is 52.3 Å². The minimum Gasteiger partial charge on any atom is -0.357 e. The first-order chi connectivity index (χ1) is 18.7. The lowest BCUT2D eigenvalue weighted by Crippen LogP contribution is -2.42. The molecule has 0 spiro atoms. The number of nitrogens with zero attached hydrogens (tertiary/aromatic N) is 2. The minimum absolute atomic E-state index is 0.0638. The van der Waals surface area contributed by atoms with Gasteiger partial charge in [0.25, 0.3) is 0 Å². The summed E-state index contributed by atoms with van der Waals surface area (Å²) in [5.41, 5.74) is 7.73. The second-order valence-electron chi connectivity index (χ2n) is 11.3. The quantitative estimate of drug-likeness (QED) is 0.316. The average molecular weight is 544 g/mol. The molecule has 2 aromatic carbocycles. The van der Waals surface area contributed by atoms with Gasteiger partial charge < -0.3 is 20.5 Å². The lowest BCUT2D eigenvalue weighted by Gasteiger charge is -2.38. The van der Waals surface area contributed by atoms with E-state index < -0.39 is 0 Å². The van der Waals surface area contributed by atoms with Gasteiger partial charge in [0.2, 0.25) is 5.91 Å². The Kier molecular flexibility index (Phi) is 7.84. The number of aromatic amines is 1. The predicted molar refractivity (Wildman–Crippen MR) is 159 cm³/mol. The van der Waals surface area contributed by atoms with Crippen LogP contribution < -0.4 is 15.5 Å². The van der Waals surface area contributed by atoms with Crippen LogP contribution in [0.25, 0.3) is 0 Å². The third-order valence-corrected chi connectivity index (χ3v) is 8.42. The van der Waals surface area contributed by atoms with Crippen molar-refractivity contribution in [1.29, 1.82) is 0 Å². The smallest absolute Gasteiger partial charge is 0.239 e. The highest BCUT2D eigenvalue weighted by molar-refractivity contribution is 7.98. The van der Waals surface area contributed by atoms with E-state index >= 15 is 0 Å². The number of amides is 1. The largest absolute Gasteiger partial charge is 0.357 e. The number of hydrogen-bond donors (Lipinski definition) is 3. The number of rotatable bonds is 8. The summed E-state index contributed by atoms with van der Waals surface area (Å²) in [7, 11) is 0. The number of nitrogens with one attached hydrogen (secondary N) is 3. The number of benzene rings is 2. The molecule has 1 aliphatic heterocycles. The van der Waals surface area contributed by atoms with Gasteiger partial charge in [0.15, 0.2) is 5.78 Å². The Bertz CT molecular complexity index is 1390. The first kappa shape index (κ1) is 27.1. The Morgan fingerprint density at radius 1 is 1.13 bits per heavy atom. The Morgan fingerprint density at radius 2 is 1.90 bits per heavy atom. The molecule has 1 amide bonds. The number of hydrogen-bond acceptors (Lipinski definition) is 6. The monoisotopic (exact) mass is 543 g/mol. The van der Waals surface area contributed by atoms with Gasteiger partial charge in [-0.15, -0.1) is 0 Å². The normalized spacial score (nSPS) is 18.2. The summed E-state index contributed by atoms with van der Waals surface area (Å²) in [5, 5.41) is 6.72. The molecule has 1 unspecified atom stereocenters. The molecule has 0 saturated carbocycles. The third-order valence-electron chi connectivity index (χ3n) is 7.45. The Hall–Kier alpha value is -3.52. The lowest BCUT2D eigenvalue weighted by atomic mass is 9.73. The molecule has 204 valence electrons. The van der Waals surface area contributed by atoms with Crippen LogP contribution in [0.2, 0.25) is 0 Å². The van der Waals surface area contributed by atoms with E-state index in [0.29, 0.717) is 13.0 Å². The zero-order chi connectivity index (χ0) is 27.6. The zero-order valence-corrected chi connectivity index (χ0v) is 24.0. The average Bonchev–Trinajstić information content (AvgIpc) is 3.24. The number of thioether (sulfide) groups is 1. The van der Waals surface area contributed by atoms with Gasteiger partial charge in [-0.1, -0.05) is 55.8 Å². The highest BCUT2D eigenvalue weighted by atomic mass is 32.2. The number of carbonyl (C=O) groups is 2. The molecule has 1 aromatic heterocycles. The predicted octanol–water partition coefficient (Wildman–Crippen LogP) is 5.69. The van der Waals surface area contributed by atoms with Crippen molar-refractivity contribution in [2.24, 2.45) is 5.41 Å². The van der Waals surface area contributed by atoms with Crippen molar-refractivity contribution in [3.05, 3.63) is 88.6 Å². The van der Waals surface area contributed by atoms with Crippen molar-refractivity contribution in [2.75, 3.05) is 29.1 Å². The highest BCUT2D eigenvalue weighted by Gasteiger charge is 2.41. The standard InChI is InChI=1S/C31H37N5O2S/c1-20-9-11-22(12-10-20)30-29-24(15-31(3,4)16-27(29)37)35-23-7-5-6-8-26(23)36(30)17-28(38)32-13-14-39-18-25-21(2)33-19-34-25/h5-12,19,30,35H,13-18H2,1-4H3,(H,32,38)(H,33,34). The molecule has 1 aliphatic carbocycles. The topological polar surface area (TPSA) is 90.1 Å². The first-order valence-corrected chi connectivity index (χ1v) is 14.7. The summed E-state index contributed by atoms with van der Waals surface area (Å²) < 4.78 is 0. The van der Waals surface area contributed by atoms with Crippen LogP contribution in [0, 0.1) is 19.3 Å². The number of imidazole rings is 1. The number of fused-ring (bicyclic) bond motifs is 1. The molecular weight excluding hydrogens is 506 g/mol. The van der Waals surface area contributed by atoms with Crippen molar-refractivity contribution in [1.82, 2.24) is 15.3 Å². The van der Waals surface area contributed by atoms with Crippen molar-refractivity contribution in [3.8, 4) is 0 Å². The molecule has 8 heteroatoms. The second-order valence-corrected chi connectivity index (χ2v) is 12.4. The van der Waals surface area contributed by atoms with Crippen LogP contribution in [0.15, 0.2) is 66.1 Å². The number of ketones is 1. The van der Waals surface area contributed by atoms with E-state index in [9.17, 15) is 9.59 Å². The number of carbonyl (C=O) groups excluding carboxylic acids is 2. The van der Waals surface area contributed by atoms with Gasteiger partial charge in [0.05, 0.1) is 36.0 Å². The highest BCUT2D eigenvalue weighted by Crippen LogP contribution is 2.48. The maximum Gasteiger partial charge on any atom is 0.239 e. The van der Waals surface area contributed by atoms with Gasteiger partial charge in [0.1, 0.15) is 0 Å². The number of H-pyrrole nitrogens is 1. The van der Waals surface area contributed by atoms with Crippen LogP contribution in [-0.4, -0.2) is 40.5 Å². The van der Waals surface area contributed by atoms with Crippen molar-refractivity contribution >= 4 is 34.8 Å². The van der Waals surface area contributed by atoms with Crippen molar-refractivity contribution < 1.29 is 9.59 Å². The van der Waals surface area contributed by atoms with Crippen molar-refractivity contribution in [3.63, 3.8) is 0 Å². The maximum atomic E-state index is 13.8. The fraction of sp³-hybridized carbons (Fsp3) is 0.387. The summed E-state index contributed by atoms with van der Waals surface area (Å²) in [6.45, 7) is 9.07. The SMILES string of the molecule is Cc1ccc(C2C3=C(CC(C)(C)CC3=O)Nc3ccccc3N2CC(=O)NCCSCc2nc[nH]c2C)cc1. The van der Waals surface area contributed by atoms with Crippen LogP contribution in [-0.2, 0) is 15.3 Å². The number of aromatic nitrogens is 2. The molecule has 0 radical (unpaired) electrons.